The summed E-state index contributed by atoms with van der Waals surface area (Å²) in [6.45, 7) is 0.458. The molecular formula is C12H20O. The SMILES string of the molecule is OCC1CC1(CC1CC1)CC1CC1. The molecule has 1 atom stereocenters. The first-order valence-corrected chi connectivity index (χ1v) is 5.93. The second kappa shape index (κ2) is 2.73. The Balaban J connectivity index is 1.59. The van der Waals surface area contributed by atoms with Crippen molar-refractivity contribution in [3.63, 3.8) is 0 Å². The first kappa shape index (κ1) is 8.28. The molecule has 0 aromatic heterocycles. The van der Waals surface area contributed by atoms with Crippen LogP contribution < -0.4 is 0 Å². The van der Waals surface area contributed by atoms with Crippen LogP contribution in [-0.4, -0.2) is 11.7 Å². The third kappa shape index (κ3) is 1.63. The van der Waals surface area contributed by atoms with E-state index in [1.807, 2.05) is 0 Å². The van der Waals surface area contributed by atoms with Gasteiger partial charge in [-0.05, 0) is 42.4 Å². The molecule has 3 aliphatic carbocycles. The lowest BCUT2D eigenvalue weighted by Gasteiger charge is -2.15. The van der Waals surface area contributed by atoms with E-state index in [0.717, 1.165) is 11.8 Å². The average molecular weight is 180 g/mol. The fourth-order valence-corrected chi connectivity index (χ4v) is 3.07. The highest BCUT2D eigenvalue weighted by Gasteiger charge is 2.56. The van der Waals surface area contributed by atoms with Gasteiger partial charge in [-0.25, -0.2) is 0 Å². The van der Waals surface area contributed by atoms with Crippen LogP contribution in [0.4, 0.5) is 0 Å². The van der Waals surface area contributed by atoms with Gasteiger partial charge in [0.1, 0.15) is 0 Å². The van der Waals surface area contributed by atoms with Gasteiger partial charge in [-0.15, -0.1) is 0 Å². The summed E-state index contributed by atoms with van der Waals surface area (Å²) in [5, 5.41) is 9.21. The van der Waals surface area contributed by atoms with E-state index in [0.29, 0.717) is 17.9 Å². The molecule has 0 spiro atoms. The lowest BCUT2D eigenvalue weighted by Crippen LogP contribution is -2.08. The summed E-state index contributed by atoms with van der Waals surface area (Å²) in [4.78, 5) is 0. The molecule has 0 saturated heterocycles. The van der Waals surface area contributed by atoms with Gasteiger partial charge in [0.15, 0.2) is 0 Å². The fraction of sp³-hybridized carbons (Fsp3) is 1.00. The molecule has 1 heteroatoms. The molecule has 1 unspecified atom stereocenters. The van der Waals surface area contributed by atoms with E-state index in [2.05, 4.69) is 0 Å². The summed E-state index contributed by atoms with van der Waals surface area (Å²) in [7, 11) is 0. The highest BCUT2D eigenvalue weighted by Crippen LogP contribution is 2.64. The van der Waals surface area contributed by atoms with Gasteiger partial charge in [0.05, 0.1) is 0 Å². The van der Waals surface area contributed by atoms with E-state index in [-0.39, 0.29) is 0 Å². The zero-order chi connectivity index (χ0) is 8.89. The molecule has 0 aromatic carbocycles. The van der Waals surface area contributed by atoms with Crippen molar-refractivity contribution in [2.45, 2.75) is 44.9 Å². The molecule has 0 aliphatic heterocycles. The van der Waals surface area contributed by atoms with Crippen molar-refractivity contribution in [3.8, 4) is 0 Å². The Morgan fingerprint density at radius 3 is 1.85 bits per heavy atom. The summed E-state index contributed by atoms with van der Waals surface area (Å²) < 4.78 is 0. The highest BCUT2D eigenvalue weighted by molar-refractivity contribution is 5.06. The zero-order valence-electron chi connectivity index (χ0n) is 8.34. The first-order chi connectivity index (χ1) is 6.32. The number of hydrogen-bond acceptors (Lipinski definition) is 1. The zero-order valence-corrected chi connectivity index (χ0v) is 8.34. The Morgan fingerprint density at radius 1 is 1.00 bits per heavy atom. The predicted molar refractivity (Wildman–Crippen MR) is 52.3 cm³/mol. The lowest BCUT2D eigenvalue weighted by atomic mass is 9.90. The minimum absolute atomic E-state index is 0.458. The van der Waals surface area contributed by atoms with Crippen LogP contribution in [-0.2, 0) is 0 Å². The van der Waals surface area contributed by atoms with Crippen LogP contribution in [0.15, 0.2) is 0 Å². The van der Waals surface area contributed by atoms with Crippen molar-refractivity contribution in [3.05, 3.63) is 0 Å². The predicted octanol–water partition coefficient (Wildman–Crippen LogP) is 2.59. The molecule has 13 heavy (non-hydrogen) atoms. The van der Waals surface area contributed by atoms with Gasteiger partial charge in [-0.1, -0.05) is 25.7 Å². The van der Waals surface area contributed by atoms with Gasteiger partial charge in [0, 0.05) is 6.61 Å². The fourth-order valence-electron chi connectivity index (χ4n) is 3.07. The van der Waals surface area contributed by atoms with Gasteiger partial charge in [-0.2, -0.15) is 0 Å². The van der Waals surface area contributed by atoms with Crippen molar-refractivity contribution in [1.82, 2.24) is 0 Å². The standard InChI is InChI=1S/C12H20O/c13-8-11-7-12(11,5-9-1-2-9)6-10-3-4-10/h9-11,13H,1-8H2. The van der Waals surface area contributed by atoms with Crippen LogP contribution in [0.25, 0.3) is 0 Å². The van der Waals surface area contributed by atoms with Crippen molar-refractivity contribution in [1.29, 1.82) is 0 Å². The third-order valence-electron chi connectivity index (χ3n) is 4.36. The molecule has 1 nitrogen and oxygen atoms in total. The number of hydrogen-bond donors (Lipinski definition) is 1. The molecule has 0 heterocycles. The Morgan fingerprint density at radius 2 is 1.54 bits per heavy atom. The van der Waals surface area contributed by atoms with Crippen LogP contribution in [0.1, 0.15) is 44.9 Å². The van der Waals surface area contributed by atoms with Crippen LogP contribution in [0.2, 0.25) is 0 Å². The van der Waals surface area contributed by atoms with Gasteiger partial charge in [0.25, 0.3) is 0 Å². The third-order valence-corrected chi connectivity index (χ3v) is 4.36. The summed E-state index contributed by atoms with van der Waals surface area (Å²) in [5.74, 6) is 2.79. The number of rotatable bonds is 5. The van der Waals surface area contributed by atoms with E-state index >= 15 is 0 Å². The largest absolute Gasteiger partial charge is 0.396 e. The Labute approximate surface area is 80.5 Å². The monoisotopic (exact) mass is 180 g/mol. The molecular weight excluding hydrogens is 160 g/mol. The van der Waals surface area contributed by atoms with Crippen LogP contribution in [0, 0.1) is 23.2 Å². The molecule has 3 saturated carbocycles. The quantitative estimate of drug-likeness (QED) is 0.689. The molecule has 0 amide bonds. The van der Waals surface area contributed by atoms with E-state index in [1.165, 1.54) is 44.9 Å². The molecule has 3 fully saturated rings. The van der Waals surface area contributed by atoms with Crippen LogP contribution in [0.5, 0.6) is 0 Å². The van der Waals surface area contributed by atoms with Gasteiger partial charge < -0.3 is 5.11 Å². The minimum atomic E-state index is 0.458. The Hall–Kier alpha value is -0.0400. The number of aliphatic hydroxyl groups excluding tert-OH is 1. The van der Waals surface area contributed by atoms with Gasteiger partial charge in [0.2, 0.25) is 0 Å². The summed E-state index contributed by atoms with van der Waals surface area (Å²) in [6.07, 6.45) is 10.2. The molecule has 0 radical (unpaired) electrons. The van der Waals surface area contributed by atoms with Crippen molar-refractivity contribution in [2.75, 3.05) is 6.61 Å². The van der Waals surface area contributed by atoms with Crippen molar-refractivity contribution < 1.29 is 5.11 Å². The summed E-state index contributed by atoms with van der Waals surface area (Å²) in [6, 6.07) is 0. The summed E-state index contributed by atoms with van der Waals surface area (Å²) >= 11 is 0. The smallest absolute Gasteiger partial charge is 0.0464 e. The van der Waals surface area contributed by atoms with E-state index in [4.69, 9.17) is 0 Å². The Kier molecular flexibility index (Phi) is 1.74. The van der Waals surface area contributed by atoms with Crippen molar-refractivity contribution in [2.24, 2.45) is 23.2 Å². The highest BCUT2D eigenvalue weighted by atomic mass is 16.3. The van der Waals surface area contributed by atoms with Crippen LogP contribution in [0.3, 0.4) is 0 Å². The molecule has 0 bridgehead atoms. The maximum Gasteiger partial charge on any atom is 0.0464 e. The molecule has 0 aromatic rings. The second-order valence-electron chi connectivity index (χ2n) is 5.74. The molecule has 1 N–H and O–H groups in total. The lowest BCUT2D eigenvalue weighted by molar-refractivity contribution is 0.231. The molecule has 74 valence electrons. The minimum Gasteiger partial charge on any atom is -0.396 e. The number of aliphatic hydroxyl groups is 1. The second-order valence-corrected chi connectivity index (χ2v) is 5.74. The maximum atomic E-state index is 9.21. The normalized spacial score (nSPS) is 36.2. The average Bonchev–Trinajstić information content (AvgIpc) is 2.85. The summed E-state index contributed by atoms with van der Waals surface area (Å²) in [5.41, 5.74) is 0.636. The van der Waals surface area contributed by atoms with E-state index in [1.54, 1.807) is 0 Å². The molecule has 3 aliphatic rings. The first-order valence-electron chi connectivity index (χ1n) is 5.93. The molecule has 3 rings (SSSR count). The van der Waals surface area contributed by atoms with Crippen LogP contribution >= 0.6 is 0 Å². The van der Waals surface area contributed by atoms with E-state index < -0.39 is 0 Å². The van der Waals surface area contributed by atoms with E-state index in [9.17, 15) is 5.11 Å². The van der Waals surface area contributed by atoms with Crippen molar-refractivity contribution >= 4 is 0 Å². The van der Waals surface area contributed by atoms with Gasteiger partial charge in [-0.3, -0.25) is 0 Å². The Bertz CT molecular complexity index is 189. The topological polar surface area (TPSA) is 20.2 Å². The van der Waals surface area contributed by atoms with Gasteiger partial charge >= 0.3 is 0 Å². The maximum absolute atomic E-state index is 9.21.